The number of thiophene rings is 1. The van der Waals surface area contributed by atoms with Crippen LogP contribution >= 0.6 is 11.3 Å². The molecular formula is C9H12F3N3O4S2. The molecule has 1 aromatic rings. The summed E-state index contributed by atoms with van der Waals surface area (Å²) in [6.07, 6.45) is -4.55. The number of rotatable bonds is 6. The van der Waals surface area contributed by atoms with Crippen molar-refractivity contribution in [1.29, 1.82) is 0 Å². The van der Waals surface area contributed by atoms with E-state index in [1.54, 1.807) is 0 Å². The Labute approximate surface area is 122 Å². The highest BCUT2D eigenvalue weighted by molar-refractivity contribution is 7.91. The molecule has 0 aliphatic rings. The van der Waals surface area contributed by atoms with Crippen molar-refractivity contribution in [1.82, 2.24) is 4.31 Å². The van der Waals surface area contributed by atoms with Gasteiger partial charge in [-0.3, -0.25) is 10.1 Å². The summed E-state index contributed by atoms with van der Waals surface area (Å²) >= 11 is 0.369. The highest BCUT2D eigenvalue weighted by Gasteiger charge is 2.38. The molecule has 7 nitrogen and oxygen atoms in total. The van der Waals surface area contributed by atoms with Crippen LogP contribution in [0.4, 0.5) is 23.9 Å². The van der Waals surface area contributed by atoms with Crippen LogP contribution in [0.1, 0.15) is 13.3 Å². The van der Waals surface area contributed by atoms with Crippen LogP contribution < -0.4 is 5.73 Å². The molecule has 0 aliphatic carbocycles. The topological polar surface area (TPSA) is 107 Å². The first kappa shape index (κ1) is 17.7. The van der Waals surface area contributed by atoms with E-state index >= 15 is 0 Å². The molecule has 0 spiro atoms. The Morgan fingerprint density at radius 1 is 1.48 bits per heavy atom. The molecule has 1 aromatic heterocycles. The molecular weight excluding hydrogens is 335 g/mol. The number of nitrogen functional groups attached to an aromatic ring is 1. The predicted octanol–water partition coefficient (Wildman–Crippen LogP) is 2.20. The van der Waals surface area contributed by atoms with Crippen LogP contribution in [0.2, 0.25) is 0 Å². The van der Waals surface area contributed by atoms with Crippen molar-refractivity contribution in [2.24, 2.45) is 0 Å². The van der Waals surface area contributed by atoms with Gasteiger partial charge in [0.2, 0.25) is 0 Å². The molecule has 0 amide bonds. The number of halogens is 3. The third-order valence-electron chi connectivity index (χ3n) is 2.34. The van der Waals surface area contributed by atoms with E-state index in [9.17, 15) is 31.7 Å². The van der Waals surface area contributed by atoms with Crippen molar-refractivity contribution >= 4 is 32.0 Å². The fourth-order valence-corrected chi connectivity index (χ4v) is 4.39. The van der Waals surface area contributed by atoms with Crippen molar-refractivity contribution in [2.45, 2.75) is 23.7 Å². The minimum absolute atomic E-state index is 0.165. The van der Waals surface area contributed by atoms with Gasteiger partial charge < -0.3 is 5.73 Å². The molecule has 12 heteroatoms. The summed E-state index contributed by atoms with van der Waals surface area (Å²) in [5, 5.41) is 10.3. The van der Waals surface area contributed by atoms with Gasteiger partial charge in [0.05, 0.1) is 4.92 Å². The number of hydrogen-bond donors (Lipinski definition) is 1. The van der Waals surface area contributed by atoms with Gasteiger partial charge >= 0.3 is 11.9 Å². The first-order valence-corrected chi connectivity index (χ1v) is 7.85. The molecule has 2 N–H and O–H groups in total. The van der Waals surface area contributed by atoms with E-state index in [-0.39, 0.29) is 22.3 Å². The molecule has 0 saturated carbocycles. The van der Waals surface area contributed by atoms with Crippen molar-refractivity contribution in [3.05, 3.63) is 16.2 Å². The van der Waals surface area contributed by atoms with Gasteiger partial charge in [0.15, 0.2) is 5.00 Å². The van der Waals surface area contributed by atoms with E-state index in [0.29, 0.717) is 17.4 Å². The van der Waals surface area contributed by atoms with Crippen molar-refractivity contribution in [3.8, 4) is 0 Å². The van der Waals surface area contributed by atoms with Gasteiger partial charge in [0.1, 0.15) is 10.8 Å². The average Bonchev–Trinajstić information content (AvgIpc) is 2.69. The molecule has 21 heavy (non-hydrogen) atoms. The molecule has 0 bridgehead atoms. The maximum Gasteiger partial charge on any atom is 0.402 e. The first-order valence-electron chi connectivity index (χ1n) is 5.59. The van der Waals surface area contributed by atoms with Gasteiger partial charge in [-0.25, -0.2) is 8.42 Å². The van der Waals surface area contributed by atoms with Crippen molar-refractivity contribution in [2.75, 3.05) is 18.8 Å². The fraction of sp³-hybridized carbons (Fsp3) is 0.556. The van der Waals surface area contributed by atoms with Crippen LogP contribution in [0.3, 0.4) is 0 Å². The summed E-state index contributed by atoms with van der Waals surface area (Å²) in [6, 6.07) is 0.675. The lowest BCUT2D eigenvalue weighted by Gasteiger charge is -2.21. The zero-order valence-corrected chi connectivity index (χ0v) is 12.4. The summed E-state index contributed by atoms with van der Waals surface area (Å²) in [4.78, 5) is 9.74. The maximum absolute atomic E-state index is 12.5. The first-order chi connectivity index (χ1) is 9.49. The van der Waals surface area contributed by atoms with Crippen molar-refractivity contribution < 1.29 is 26.5 Å². The van der Waals surface area contributed by atoms with E-state index < -0.39 is 37.6 Å². The van der Waals surface area contributed by atoms with Crippen LogP contribution in [0.25, 0.3) is 0 Å². The van der Waals surface area contributed by atoms with E-state index in [1.165, 1.54) is 6.92 Å². The summed E-state index contributed by atoms with van der Waals surface area (Å²) < 4.78 is 61.3. The Bertz CT molecular complexity index is 627. The second kappa shape index (κ2) is 6.15. The summed E-state index contributed by atoms with van der Waals surface area (Å²) in [6.45, 7) is -0.494. The van der Waals surface area contributed by atoms with Crippen LogP contribution in [-0.2, 0) is 10.0 Å². The molecule has 120 valence electrons. The van der Waals surface area contributed by atoms with Gasteiger partial charge in [0.25, 0.3) is 10.0 Å². The monoisotopic (exact) mass is 347 g/mol. The van der Waals surface area contributed by atoms with E-state index in [4.69, 9.17) is 5.73 Å². The molecule has 0 radical (unpaired) electrons. The average molecular weight is 347 g/mol. The van der Waals surface area contributed by atoms with E-state index in [0.717, 1.165) is 0 Å². The van der Waals surface area contributed by atoms with E-state index in [2.05, 4.69) is 0 Å². The van der Waals surface area contributed by atoms with Crippen LogP contribution in [-0.4, -0.2) is 36.9 Å². The molecule has 0 atom stereocenters. The quantitative estimate of drug-likeness (QED) is 0.627. The lowest BCUT2D eigenvalue weighted by Crippen LogP contribution is -2.39. The Morgan fingerprint density at radius 3 is 2.43 bits per heavy atom. The summed E-state index contributed by atoms with van der Waals surface area (Å²) in [5.74, 6) is 0. The van der Waals surface area contributed by atoms with Gasteiger partial charge in [-0.15, -0.1) is 0 Å². The van der Waals surface area contributed by atoms with Crippen LogP contribution in [0.15, 0.2) is 10.3 Å². The van der Waals surface area contributed by atoms with Gasteiger partial charge in [0, 0.05) is 12.6 Å². The van der Waals surface area contributed by atoms with E-state index in [1.807, 2.05) is 0 Å². The Balaban J connectivity index is 3.23. The number of alkyl halides is 3. The zero-order valence-electron chi connectivity index (χ0n) is 10.8. The standard InChI is InChI=1S/C9H12F3N3O4S2/c1-2-3-14(5-9(10,11)12)21(18,19)7-4-6(15(16)17)8(13)20-7/h4H,2-3,5,13H2,1H3. The zero-order chi connectivity index (χ0) is 16.4. The molecule has 0 fully saturated rings. The molecule has 0 saturated heterocycles. The van der Waals surface area contributed by atoms with Gasteiger partial charge in [-0.2, -0.15) is 17.5 Å². The molecule has 1 rings (SSSR count). The molecule has 0 aromatic carbocycles. The Morgan fingerprint density at radius 2 is 2.05 bits per heavy atom. The Kier molecular flexibility index (Phi) is 5.17. The molecule has 0 aliphatic heterocycles. The fourth-order valence-electron chi connectivity index (χ4n) is 1.50. The van der Waals surface area contributed by atoms with Gasteiger partial charge in [-0.1, -0.05) is 18.3 Å². The smallest absolute Gasteiger partial charge is 0.385 e. The SMILES string of the molecule is CCCN(CC(F)(F)F)S(=O)(=O)c1cc([N+](=O)[O-])c(N)s1. The predicted molar refractivity (Wildman–Crippen MR) is 70.5 cm³/mol. The number of anilines is 1. The summed E-state index contributed by atoms with van der Waals surface area (Å²) in [7, 11) is -4.48. The van der Waals surface area contributed by atoms with Gasteiger partial charge in [-0.05, 0) is 6.42 Å². The van der Waals surface area contributed by atoms with Crippen molar-refractivity contribution in [3.63, 3.8) is 0 Å². The minimum Gasteiger partial charge on any atom is -0.385 e. The highest BCUT2D eigenvalue weighted by atomic mass is 32.2. The van der Waals surface area contributed by atoms with Crippen LogP contribution in [0, 0.1) is 10.1 Å². The summed E-state index contributed by atoms with van der Waals surface area (Å²) in [5.41, 5.74) is 4.67. The highest BCUT2D eigenvalue weighted by Crippen LogP contribution is 2.36. The largest absolute Gasteiger partial charge is 0.402 e. The number of nitro groups is 1. The number of nitrogens with two attached hydrogens (primary N) is 1. The maximum atomic E-state index is 12.5. The lowest BCUT2D eigenvalue weighted by atomic mass is 10.5. The van der Waals surface area contributed by atoms with Crippen LogP contribution in [0.5, 0.6) is 0 Å². The second-order valence-electron chi connectivity index (χ2n) is 4.03. The molecule has 0 unspecified atom stereocenters. The number of hydrogen-bond acceptors (Lipinski definition) is 6. The Hall–Kier alpha value is -1.40. The normalized spacial score (nSPS) is 12.8. The number of nitrogens with zero attached hydrogens (tertiary/aromatic N) is 2. The third-order valence-corrected chi connectivity index (χ3v) is 5.58. The minimum atomic E-state index is -4.71. The second-order valence-corrected chi connectivity index (χ2v) is 7.27. The number of sulfonamides is 1. The lowest BCUT2D eigenvalue weighted by molar-refractivity contribution is -0.383. The third kappa shape index (κ3) is 4.28. The molecule has 1 heterocycles.